The van der Waals surface area contributed by atoms with E-state index in [1.165, 1.54) is 6.33 Å². The van der Waals surface area contributed by atoms with Gasteiger partial charge in [0.15, 0.2) is 12.0 Å². The molecule has 0 spiro atoms. The van der Waals surface area contributed by atoms with Crippen LogP contribution in [0.15, 0.2) is 36.8 Å². The van der Waals surface area contributed by atoms with E-state index in [9.17, 15) is 5.11 Å². The lowest BCUT2D eigenvalue weighted by molar-refractivity contribution is -0.207. The highest BCUT2D eigenvalue weighted by atomic mass is 35.5. The number of nitrogens with zero attached hydrogens (tertiary/aromatic N) is 3. The molecule has 9 heteroatoms. The third kappa shape index (κ3) is 3.53. The Morgan fingerprint density at radius 3 is 2.71 bits per heavy atom. The Morgan fingerprint density at radius 1 is 1.16 bits per heavy atom. The summed E-state index contributed by atoms with van der Waals surface area (Å²) in [5.74, 6) is -0.807. The molecule has 0 unspecified atom stereocenters. The van der Waals surface area contributed by atoms with Crippen molar-refractivity contribution in [2.45, 2.75) is 63.6 Å². The number of fused-ring (bicyclic) bond motifs is 2. The predicted octanol–water partition coefficient (Wildman–Crippen LogP) is 4.45. The van der Waals surface area contributed by atoms with Gasteiger partial charge < -0.3 is 23.9 Å². The Kier molecular flexibility index (Phi) is 5.24. The maximum Gasteiger partial charge on any atom is 0.164 e. The molecular weight excluding hydrogens is 441 g/mol. The number of aryl methyl sites for hydroxylation is 1. The fraction of sp³-hybridized carbons (Fsp3) is 0.455. The number of aliphatic hydroxyl groups is 1. The Hall–Kier alpha value is -1.74. The van der Waals surface area contributed by atoms with Crippen molar-refractivity contribution in [3.8, 4) is 0 Å². The molecule has 2 fully saturated rings. The Morgan fingerprint density at radius 2 is 1.94 bits per heavy atom. The summed E-state index contributed by atoms with van der Waals surface area (Å²) in [7, 11) is 0. The van der Waals surface area contributed by atoms with E-state index in [4.69, 9.17) is 37.4 Å². The molecule has 0 saturated carbocycles. The van der Waals surface area contributed by atoms with Gasteiger partial charge in [0.25, 0.3) is 0 Å². The van der Waals surface area contributed by atoms with Gasteiger partial charge in [-0.3, -0.25) is 0 Å². The Balaban J connectivity index is 1.55. The minimum atomic E-state index is -0.915. The molecule has 3 aromatic rings. The summed E-state index contributed by atoms with van der Waals surface area (Å²) in [6, 6.07) is 7.33. The summed E-state index contributed by atoms with van der Waals surface area (Å²) in [6.45, 7) is 5.74. The highest BCUT2D eigenvalue weighted by molar-refractivity contribution is 6.33. The molecule has 2 saturated heterocycles. The van der Waals surface area contributed by atoms with Crippen LogP contribution in [-0.4, -0.2) is 43.7 Å². The van der Waals surface area contributed by atoms with Crippen LogP contribution in [0, 0.1) is 0 Å². The third-order valence-corrected chi connectivity index (χ3v) is 6.45. The molecule has 2 aliphatic rings. The number of hydrogen-bond acceptors (Lipinski definition) is 6. The van der Waals surface area contributed by atoms with Crippen molar-refractivity contribution in [2.75, 3.05) is 0 Å². The standard InChI is InChI=1S/C22H23Cl2N3O4/c1-4-11-9-12(23)5-6-13(11)15(28)16-17-18(31-22(2,3)30-17)21(29-16)27-8-7-14-19(24)25-10-26-20(14)27/h5-10,15-18,21,28H,4H2,1-3H3/t15-,16+,17+,18+,21+/m0/s1. The average molecular weight is 464 g/mol. The van der Waals surface area contributed by atoms with Crippen LogP contribution < -0.4 is 0 Å². The van der Waals surface area contributed by atoms with Gasteiger partial charge in [-0.2, -0.15) is 0 Å². The molecule has 5 atom stereocenters. The summed E-state index contributed by atoms with van der Waals surface area (Å²) < 4.78 is 20.6. The molecule has 1 N–H and O–H groups in total. The second-order valence-electron chi connectivity index (χ2n) is 8.32. The van der Waals surface area contributed by atoms with Crippen molar-refractivity contribution in [1.29, 1.82) is 0 Å². The topological polar surface area (TPSA) is 78.6 Å². The van der Waals surface area contributed by atoms with Crippen molar-refractivity contribution in [3.05, 3.63) is 58.1 Å². The monoisotopic (exact) mass is 463 g/mol. The molecule has 5 rings (SSSR count). The fourth-order valence-corrected chi connectivity index (χ4v) is 4.96. The molecular formula is C22H23Cl2N3O4. The van der Waals surface area contributed by atoms with Gasteiger partial charge in [-0.15, -0.1) is 0 Å². The van der Waals surface area contributed by atoms with E-state index in [0.29, 0.717) is 15.8 Å². The average Bonchev–Trinajstić information content (AvgIpc) is 3.38. The first-order chi connectivity index (χ1) is 14.8. The lowest BCUT2D eigenvalue weighted by Crippen LogP contribution is -2.34. The quantitative estimate of drug-likeness (QED) is 0.575. The van der Waals surface area contributed by atoms with Gasteiger partial charge in [0.05, 0.1) is 5.39 Å². The van der Waals surface area contributed by atoms with E-state index in [2.05, 4.69) is 9.97 Å². The van der Waals surface area contributed by atoms with Crippen molar-refractivity contribution >= 4 is 34.2 Å². The van der Waals surface area contributed by atoms with Crippen LogP contribution in [0.4, 0.5) is 0 Å². The van der Waals surface area contributed by atoms with Crippen LogP contribution in [0.2, 0.25) is 10.2 Å². The van der Waals surface area contributed by atoms with E-state index >= 15 is 0 Å². The van der Waals surface area contributed by atoms with E-state index in [-0.39, 0.29) is 0 Å². The normalized spacial score (nSPS) is 28.2. The van der Waals surface area contributed by atoms with Gasteiger partial charge >= 0.3 is 0 Å². The zero-order chi connectivity index (χ0) is 21.9. The van der Waals surface area contributed by atoms with E-state index in [1.54, 1.807) is 6.07 Å². The number of ether oxygens (including phenoxy) is 3. The Labute approximate surface area is 189 Å². The van der Waals surface area contributed by atoms with Gasteiger partial charge in [0.1, 0.15) is 41.5 Å². The van der Waals surface area contributed by atoms with Gasteiger partial charge in [-0.25, -0.2) is 9.97 Å². The molecule has 0 radical (unpaired) electrons. The van der Waals surface area contributed by atoms with Crippen molar-refractivity contribution in [2.24, 2.45) is 0 Å². The molecule has 31 heavy (non-hydrogen) atoms. The summed E-state index contributed by atoms with van der Waals surface area (Å²) in [4.78, 5) is 8.42. The van der Waals surface area contributed by atoms with E-state index in [0.717, 1.165) is 22.9 Å². The molecule has 4 heterocycles. The summed E-state index contributed by atoms with van der Waals surface area (Å²) in [5, 5.41) is 13.1. The predicted molar refractivity (Wildman–Crippen MR) is 116 cm³/mol. The lowest BCUT2D eigenvalue weighted by atomic mass is 9.94. The summed E-state index contributed by atoms with van der Waals surface area (Å²) in [6.07, 6.45) is 0.986. The summed E-state index contributed by atoms with van der Waals surface area (Å²) in [5.41, 5.74) is 2.37. The molecule has 2 aliphatic heterocycles. The lowest BCUT2D eigenvalue weighted by Gasteiger charge is -2.28. The van der Waals surface area contributed by atoms with Gasteiger partial charge in [-0.1, -0.05) is 36.2 Å². The molecule has 2 aromatic heterocycles. The van der Waals surface area contributed by atoms with Crippen molar-refractivity contribution in [3.63, 3.8) is 0 Å². The number of benzene rings is 1. The number of aliphatic hydroxyl groups excluding tert-OH is 1. The van der Waals surface area contributed by atoms with Crippen LogP contribution in [0.25, 0.3) is 11.0 Å². The van der Waals surface area contributed by atoms with E-state index in [1.807, 2.05) is 49.7 Å². The van der Waals surface area contributed by atoms with Crippen LogP contribution in [-0.2, 0) is 20.6 Å². The first kappa shape index (κ1) is 21.1. The van der Waals surface area contributed by atoms with Gasteiger partial charge in [0, 0.05) is 11.2 Å². The van der Waals surface area contributed by atoms with Crippen LogP contribution in [0.5, 0.6) is 0 Å². The van der Waals surface area contributed by atoms with Crippen molar-refractivity contribution < 1.29 is 19.3 Å². The second-order valence-corrected chi connectivity index (χ2v) is 9.12. The summed E-state index contributed by atoms with van der Waals surface area (Å²) >= 11 is 12.4. The number of rotatable bonds is 4. The zero-order valence-electron chi connectivity index (χ0n) is 17.3. The molecule has 164 valence electrons. The SMILES string of the molecule is CCc1cc(Cl)ccc1[C@H](O)[C@H]1O[C@@H](n2ccc3c(Cl)ncnc32)[C@@H]2OC(C)(C)O[C@@H]21. The number of halogens is 2. The third-order valence-electron chi connectivity index (χ3n) is 5.92. The van der Waals surface area contributed by atoms with Crippen LogP contribution in [0.1, 0.15) is 44.2 Å². The number of aromatic nitrogens is 3. The molecule has 1 aromatic carbocycles. The molecule has 0 bridgehead atoms. The number of hydrogen-bond donors (Lipinski definition) is 1. The van der Waals surface area contributed by atoms with Crippen LogP contribution in [0.3, 0.4) is 0 Å². The first-order valence-corrected chi connectivity index (χ1v) is 11.0. The maximum absolute atomic E-state index is 11.4. The highest BCUT2D eigenvalue weighted by Crippen LogP contribution is 2.47. The largest absolute Gasteiger partial charge is 0.386 e. The van der Waals surface area contributed by atoms with Crippen molar-refractivity contribution in [1.82, 2.24) is 14.5 Å². The molecule has 0 amide bonds. The van der Waals surface area contributed by atoms with Gasteiger partial charge in [0.2, 0.25) is 0 Å². The fourth-order valence-electron chi connectivity index (χ4n) is 4.58. The minimum absolute atomic E-state index is 0.368. The molecule has 0 aliphatic carbocycles. The first-order valence-electron chi connectivity index (χ1n) is 10.2. The minimum Gasteiger partial charge on any atom is -0.386 e. The second kappa shape index (κ2) is 7.69. The Bertz CT molecular complexity index is 1140. The smallest absolute Gasteiger partial charge is 0.164 e. The van der Waals surface area contributed by atoms with E-state index < -0.39 is 36.4 Å². The molecule has 7 nitrogen and oxygen atoms in total. The van der Waals surface area contributed by atoms with Crippen LogP contribution >= 0.6 is 23.2 Å². The zero-order valence-corrected chi connectivity index (χ0v) is 18.8. The maximum atomic E-state index is 11.4. The highest BCUT2D eigenvalue weighted by Gasteiger charge is 2.58. The van der Waals surface area contributed by atoms with Gasteiger partial charge in [-0.05, 0) is 49.6 Å².